The number of aromatic nitrogens is 2. The quantitative estimate of drug-likeness (QED) is 0.851. The van der Waals surface area contributed by atoms with Gasteiger partial charge in [-0.3, -0.25) is 9.69 Å². The highest BCUT2D eigenvalue weighted by Crippen LogP contribution is 2.34. The molecule has 2 aromatic rings. The number of benzene rings is 1. The van der Waals surface area contributed by atoms with Crippen molar-refractivity contribution in [2.45, 2.75) is 18.5 Å². The van der Waals surface area contributed by atoms with E-state index in [2.05, 4.69) is 15.5 Å². The highest BCUT2D eigenvalue weighted by atomic mass is 32.2. The summed E-state index contributed by atoms with van der Waals surface area (Å²) in [6.07, 6.45) is 0.628. The highest BCUT2D eigenvalue weighted by molar-refractivity contribution is 7.99. The summed E-state index contributed by atoms with van der Waals surface area (Å²) in [5.74, 6) is 1.25. The van der Waals surface area contributed by atoms with Gasteiger partial charge in [-0.1, -0.05) is 5.16 Å². The van der Waals surface area contributed by atoms with Gasteiger partial charge in [0.25, 0.3) is 5.91 Å². The summed E-state index contributed by atoms with van der Waals surface area (Å²) in [6.45, 7) is -0.0781. The summed E-state index contributed by atoms with van der Waals surface area (Å²) >= 11 is 1.64. The smallest absolute Gasteiger partial charge is 0.325 e. The molecule has 1 N–H and O–H groups in total. The molecule has 2 saturated heterocycles. The topological polar surface area (TPSA) is 88.3 Å². The second kappa shape index (κ2) is 5.59. The fraction of sp³-hybridized carbons (Fsp3) is 0.333. The molecule has 1 atom stereocenters. The van der Waals surface area contributed by atoms with Crippen molar-refractivity contribution in [3.8, 4) is 11.4 Å². The Kier molecular flexibility index (Phi) is 3.52. The molecule has 3 heterocycles. The molecular formula is C15H13FN4O3S. The predicted octanol–water partition coefficient (Wildman–Crippen LogP) is 1.80. The first kappa shape index (κ1) is 15.1. The van der Waals surface area contributed by atoms with Crippen LogP contribution in [0, 0.1) is 5.82 Å². The highest BCUT2D eigenvalue weighted by Gasteiger charge is 2.53. The van der Waals surface area contributed by atoms with Crippen molar-refractivity contribution >= 4 is 23.7 Å². The van der Waals surface area contributed by atoms with Crippen LogP contribution in [0.5, 0.6) is 0 Å². The van der Waals surface area contributed by atoms with Gasteiger partial charge in [-0.05, 0) is 36.4 Å². The molecule has 9 heteroatoms. The Balaban J connectivity index is 1.53. The third-order valence-electron chi connectivity index (χ3n) is 4.13. The Hall–Kier alpha value is -2.42. The molecule has 1 spiro atoms. The van der Waals surface area contributed by atoms with Crippen molar-refractivity contribution in [2.75, 3.05) is 11.5 Å². The summed E-state index contributed by atoms with van der Waals surface area (Å²) < 4.78 is 18.1. The third-order valence-corrected chi connectivity index (χ3v) is 5.32. The van der Waals surface area contributed by atoms with Crippen molar-refractivity contribution in [3.63, 3.8) is 0 Å². The molecule has 2 fully saturated rings. The van der Waals surface area contributed by atoms with Crippen molar-refractivity contribution < 1.29 is 18.5 Å². The first-order valence-electron chi connectivity index (χ1n) is 7.38. The maximum atomic E-state index is 13.0. The molecule has 2 aliphatic rings. The normalized spacial score (nSPS) is 23.3. The number of amides is 3. The number of nitrogens with zero attached hydrogens (tertiary/aromatic N) is 3. The van der Waals surface area contributed by atoms with Crippen molar-refractivity contribution in [1.82, 2.24) is 20.4 Å². The molecule has 0 saturated carbocycles. The van der Waals surface area contributed by atoms with E-state index < -0.39 is 11.6 Å². The molecule has 3 amide bonds. The number of carbonyl (C=O) groups is 2. The average molecular weight is 348 g/mol. The van der Waals surface area contributed by atoms with Gasteiger partial charge in [0.2, 0.25) is 11.7 Å². The van der Waals surface area contributed by atoms with Gasteiger partial charge in [-0.15, -0.1) is 0 Å². The standard InChI is InChI=1S/C15H13FN4O3S/c16-10-3-1-9(2-4-10)12-17-11(23-19-12)7-20-13(21)15(18-14(20)22)5-6-24-8-15/h1-4H,5-8H2,(H,18,22)/t15-/m0/s1. The van der Waals surface area contributed by atoms with Crippen LogP contribution in [0.4, 0.5) is 9.18 Å². The van der Waals surface area contributed by atoms with E-state index in [1.807, 2.05) is 0 Å². The van der Waals surface area contributed by atoms with Crippen LogP contribution in [-0.4, -0.2) is 44.0 Å². The lowest BCUT2D eigenvalue weighted by atomic mass is 9.99. The number of halogens is 1. The van der Waals surface area contributed by atoms with Gasteiger partial charge in [0.05, 0.1) is 0 Å². The van der Waals surface area contributed by atoms with E-state index >= 15 is 0 Å². The molecule has 1 aromatic carbocycles. The minimum absolute atomic E-state index is 0.0781. The fourth-order valence-electron chi connectivity index (χ4n) is 2.82. The van der Waals surface area contributed by atoms with Crippen LogP contribution in [-0.2, 0) is 11.3 Å². The lowest BCUT2D eigenvalue weighted by Gasteiger charge is -2.18. The first-order chi connectivity index (χ1) is 11.6. The lowest BCUT2D eigenvalue weighted by Crippen LogP contribution is -2.46. The van der Waals surface area contributed by atoms with Crippen molar-refractivity contribution in [1.29, 1.82) is 0 Å². The van der Waals surface area contributed by atoms with Gasteiger partial charge in [0.1, 0.15) is 17.9 Å². The van der Waals surface area contributed by atoms with E-state index in [0.717, 1.165) is 10.7 Å². The number of hydrogen-bond acceptors (Lipinski definition) is 6. The Morgan fingerprint density at radius 1 is 1.33 bits per heavy atom. The Bertz CT molecular complexity index is 801. The zero-order valence-corrected chi connectivity index (χ0v) is 13.3. The van der Waals surface area contributed by atoms with E-state index in [-0.39, 0.29) is 30.0 Å². The molecule has 0 bridgehead atoms. The number of thioether (sulfide) groups is 1. The van der Waals surface area contributed by atoms with E-state index in [9.17, 15) is 14.0 Å². The van der Waals surface area contributed by atoms with Gasteiger partial charge in [0.15, 0.2) is 0 Å². The van der Waals surface area contributed by atoms with Gasteiger partial charge >= 0.3 is 6.03 Å². The molecule has 4 rings (SSSR count). The second-order valence-electron chi connectivity index (χ2n) is 5.72. The minimum atomic E-state index is -0.790. The second-order valence-corrected chi connectivity index (χ2v) is 6.83. The van der Waals surface area contributed by atoms with Crippen LogP contribution >= 0.6 is 11.8 Å². The van der Waals surface area contributed by atoms with Gasteiger partial charge in [0, 0.05) is 11.3 Å². The molecule has 0 radical (unpaired) electrons. The SMILES string of the molecule is O=C1N[C@]2(CCSC2)C(=O)N1Cc1nc(-c2ccc(F)cc2)no1. The van der Waals surface area contributed by atoms with Crippen LogP contribution in [0.15, 0.2) is 28.8 Å². The number of nitrogens with one attached hydrogen (secondary N) is 1. The van der Waals surface area contributed by atoms with Crippen molar-refractivity contribution in [2.24, 2.45) is 0 Å². The maximum absolute atomic E-state index is 13.0. The average Bonchev–Trinajstić information content (AvgIpc) is 3.27. The number of imide groups is 1. The molecular weight excluding hydrogens is 335 g/mol. The van der Waals surface area contributed by atoms with Gasteiger partial charge in [-0.25, -0.2) is 9.18 Å². The van der Waals surface area contributed by atoms with Crippen molar-refractivity contribution in [3.05, 3.63) is 36.0 Å². The molecule has 7 nitrogen and oxygen atoms in total. The number of urea groups is 1. The Morgan fingerprint density at radius 3 is 2.83 bits per heavy atom. The number of rotatable bonds is 3. The summed E-state index contributed by atoms with van der Waals surface area (Å²) in [5.41, 5.74) is -0.200. The largest absolute Gasteiger partial charge is 0.337 e. The van der Waals surface area contributed by atoms with Crippen LogP contribution in [0.3, 0.4) is 0 Å². The summed E-state index contributed by atoms with van der Waals surface area (Å²) in [6, 6.07) is 5.21. The summed E-state index contributed by atoms with van der Waals surface area (Å²) in [7, 11) is 0. The molecule has 0 unspecified atom stereocenters. The Morgan fingerprint density at radius 2 is 2.12 bits per heavy atom. The molecule has 124 valence electrons. The van der Waals surface area contributed by atoms with E-state index in [0.29, 0.717) is 17.7 Å². The summed E-state index contributed by atoms with van der Waals surface area (Å²) in [5, 5.41) is 6.59. The van der Waals surface area contributed by atoms with E-state index in [1.54, 1.807) is 11.8 Å². The van der Waals surface area contributed by atoms with Gasteiger partial charge < -0.3 is 9.84 Å². The van der Waals surface area contributed by atoms with Gasteiger partial charge in [-0.2, -0.15) is 16.7 Å². The fourth-order valence-corrected chi connectivity index (χ4v) is 4.15. The van der Waals surface area contributed by atoms with E-state index in [1.165, 1.54) is 24.3 Å². The Labute approximate surface area is 140 Å². The van der Waals surface area contributed by atoms with E-state index in [4.69, 9.17) is 4.52 Å². The third kappa shape index (κ3) is 2.44. The first-order valence-corrected chi connectivity index (χ1v) is 8.53. The monoisotopic (exact) mass is 348 g/mol. The number of hydrogen-bond donors (Lipinski definition) is 1. The van der Waals surface area contributed by atoms with Crippen LogP contribution in [0.2, 0.25) is 0 Å². The molecule has 0 aliphatic carbocycles. The molecule has 2 aliphatic heterocycles. The van der Waals surface area contributed by atoms with Crippen LogP contribution < -0.4 is 5.32 Å². The molecule has 1 aromatic heterocycles. The van der Waals surface area contributed by atoms with Crippen LogP contribution in [0.25, 0.3) is 11.4 Å². The maximum Gasteiger partial charge on any atom is 0.325 e. The zero-order chi connectivity index (χ0) is 16.7. The predicted molar refractivity (Wildman–Crippen MR) is 83.4 cm³/mol. The minimum Gasteiger partial charge on any atom is -0.337 e. The number of carbonyl (C=O) groups excluding carboxylic acids is 2. The zero-order valence-electron chi connectivity index (χ0n) is 12.5. The molecule has 24 heavy (non-hydrogen) atoms. The summed E-state index contributed by atoms with van der Waals surface area (Å²) in [4.78, 5) is 30.0. The lowest BCUT2D eigenvalue weighted by molar-refractivity contribution is -0.131. The van der Waals surface area contributed by atoms with Crippen LogP contribution in [0.1, 0.15) is 12.3 Å².